The average molecular weight is 444 g/mol. The lowest BCUT2D eigenvalue weighted by Crippen LogP contribution is -2.41. The average Bonchev–Trinajstić information content (AvgIpc) is 2.74. The molecule has 9 heteroatoms. The Morgan fingerprint density at radius 2 is 1.27 bits per heavy atom. The van der Waals surface area contributed by atoms with Gasteiger partial charge in [-0.25, -0.2) is 8.42 Å². The summed E-state index contributed by atoms with van der Waals surface area (Å²) < 4.78 is 27.4. The smallest absolute Gasteiger partial charge is 0.269 e. The predicted molar refractivity (Wildman–Crippen MR) is 115 cm³/mol. The van der Waals surface area contributed by atoms with Crippen LogP contribution in [-0.4, -0.2) is 20.2 Å². The van der Waals surface area contributed by atoms with Crippen molar-refractivity contribution in [1.29, 1.82) is 0 Å². The van der Waals surface area contributed by atoms with Gasteiger partial charge < -0.3 is 0 Å². The van der Waals surface area contributed by atoms with Crippen LogP contribution in [0.3, 0.4) is 0 Å². The molecule has 0 saturated carbocycles. The van der Waals surface area contributed by atoms with E-state index in [9.17, 15) is 18.0 Å². The van der Waals surface area contributed by atoms with Gasteiger partial charge in [-0.2, -0.15) is 0 Å². The monoisotopic (exact) mass is 443 g/mol. The van der Waals surface area contributed by atoms with E-state index in [0.717, 1.165) is 5.56 Å². The number of halogens is 1. The minimum Gasteiger partial charge on any atom is -0.278 e. The summed E-state index contributed by atoms with van der Waals surface area (Å²) in [7, 11) is -3.88. The number of nitrogens with one attached hydrogen (secondary N) is 3. The lowest BCUT2D eigenvalue weighted by Gasteiger charge is -2.10. The quantitative estimate of drug-likeness (QED) is 0.524. The molecule has 7 nitrogen and oxygen atoms in total. The highest BCUT2D eigenvalue weighted by atomic mass is 35.5. The van der Waals surface area contributed by atoms with E-state index in [1.54, 1.807) is 48.5 Å². The summed E-state index contributed by atoms with van der Waals surface area (Å²) in [6.45, 7) is 1.90. The number of hydrogen-bond donors (Lipinski definition) is 3. The van der Waals surface area contributed by atoms with E-state index in [1.807, 2.05) is 6.92 Å². The first kappa shape index (κ1) is 21.4. The van der Waals surface area contributed by atoms with Crippen molar-refractivity contribution in [1.82, 2.24) is 10.9 Å². The summed E-state index contributed by atoms with van der Waals surface area (Å²) in [5.41, 5.74) is 6.44. The highest BCUT2D eigenvalue weighted by Gasteiger charge is 2.17. The van der Waals surface area contributed by atoms with Crippen LogP contribution in [0.5, 0.6) is 0 Å². The molecular formula is C21H18ClN3O4S. The molecule has 0 radical (unpaired) electrons. The summed E-state index contributed by atoms with van der Waals surface area (Å²) >= 11 is 5.98. The van der Waals surface area contributed by atoms with Gasteiger partial charge in [-0.3, -0.25) is 25.2 Å². The zero-order chi connectivity index (χ0) is 21.7. The van der Waals surface area contributed by atoms with Gasteiger partial charge in [0.1, 0.15) is 0 Å². The van der Waals surface area contributed by atoms with Gasteiger partial charge in [0.05, 0.1) is 15.6 Å². The molecule has 3 N–H and O–H groups in total. The van der Waals surface area contributed by atoms with Gasteiger partial charge in [0.25, 0.3) is 21.8 Å². The van der Waals surface area contributed by atoms with Crippen LogP contribution in [0.15, 0.2) is 77.7 Å². The van der Waals surface area contributed by atoms with Crippen LogP contribution in [0.2, 0.25) is 5.02 Å². The van der Waals surface area contributed by atoms with Crippen molar-refractivity contribution in [3.63, 3.8) is 0 Å². The van der Waals surface area contributed by atoms with Crippen LogP contribution in [0.1, 0.15) is 26.3 Å². The molecule has 3 rings (SSSR count). The number of carbonyl (C=O) groups excluding carboxylic acids is 2. The Kier molecular flexibility index (Phi) is 6.39. The third-order valence-corrected chi connectivity index (χ3v) is 5.86. The van der Waals surface area contributed by atoms with Crippen molar-refractivity contribution >= 4 is 39.1 Å². The molecule has 2 amide bonds. The number of benzene rings is 3. The van der Waals surface area contributed by atoms with Crippen LogP contribution >= 0.6 is 11.6 Å². The van der Waals surface area contributed by atoms with Crippen molar-refractivity contribution < 1.29 is 18.0 Å². The Balaban J connectivity index is 1.64. The van der Waals surface area contributed by atoms with Crippen LogP contribution in [-0.2, 0) is 10.0 Å². The summed E-state index contributed by atoms with van der Waals surface area (Å²) in [6, 6.07) is 18.6. The van der Waals surface area contributed by atoms with Crippen LogP contribution in [0.25, 0.3) is 0 Å². The standard InChI is InChI=1S/C21H18ClN3O4S/c1-14-6-8-15(9-7-14)20(26)23-24-21(27)16-10-12-17(13-11-16)30(28,29)25-19-5-3-2-4-18(19)22/h2-13,25H,1H3,(H,23,26)(H,24,27). The number of amides is 2. The maximum absolute atomic E-state index is 12.5. The molecule has 0 heterocycles. The van der Waals surface area contributed by atoms with Crippen molar-refractivity contribution in [2.24, 2.45) is 0 Å². The Labute approximate surface area is 179 Å². The van der Waals surface area contributed by atoms with Gasteiger partial charge in [0, 0.05) is 11.1 Å². The van der Waals surface area contributed by atoms with Crippen molar-refractivity contribution in [3.05, 3.63) is 94.5 Å². The fraction of sp³-hybridized carbons (Fsp3) is 0.0476. The van der Waals surface area contributed by atoms with E-state index in [2.05, 4.69) is 15.6 Å². The molecule has 0 bridgehead atoms. The molecule has 154 valence electrons. The molecule has 0 aliphatic carbocycles. The van der Waals surface area contributed by atoms with Crippen LogP contribution < -0.4 is 15.6 Å². The van der Waals surface area contributed by atoms with Crippen LogP contribution in [0.4, 0.5) is 5.69 Å². The molecule has 3 aromatic carbocycles. The molecule has 0 saturated heterocycles. The third kappa shape index (κ3) is 5.16. The molecule has 0 atom stereocenters. The van der Waals surface area contributed by atoms with E-state index >= 15 is 0 Å². The minimum absolute atomic E-state index is 0.0392. The number of anilines is 1. The molecule has 0 unspecified atom stereocenters. The SMILES string of the molecule is Cc1ccc(C(=O)NNC(=O)c2ccc(S(=O)(=O)Nc3ccccc3Cl)cc2)cc1. The largest absolute Gasteiger partial charge is 0.278 e. The van der Waals surface area contributed by atoms with Gasteiger partial charge in [-0.15, -0.1) is 0 Å². The molecule has 0 aliphatic rings. The summed E-state index contributed by atoms with van der Waals surface area (Å²) in [5.74, 6) is -1.05. The van der Waals surface area contributed by atoms with E-state index < -0.39 is 21.8 Å². The molecule has 0 aliphatic heterocycles. The zero-order valence-electron chi connectivity index (χ0n) is 15.8. The zero-order valence-corrected chi connectivity index (χ0v) is 17.4. The number of sulfonamides is 1. The predicted octanol–water partition coefficient (Wildman–Crippen LogP) is 3.52. The number of carbonyl (C=O) groups is 2. The lowest BCUT2D eigenvalue weighted by atomic mass is 10.1. The van der Waals surface area contributed by atoms with E-state index in [1.165, 1.54) is 24.3 Å². The van der Waals surface area contributed by atoms with E-state index in [-0.39, 0.29) is 21.2 Å². The van der Waals surface area contributed by atoms with Gasteiger partial charge in [-0.1, -0.05) is 41.4 Å². The Hall–Kier alpha value is -3.36. The first-order valence-corrected chi connectivity index (χ1v) is 10.7. The maximum Gasteiger partial charge on any atom is 0.269 e. The van der Waals surface area contributed by atoms with Gasteiger partial charge in [0.15, 0.2) is 0 Å². The Bertz CT molecular complexity index is 1180. The highest BCUT2D eigenvalue weighted by molar-refractivity contribution is 7.92. The van der Waals surface area contributed by atoms with Gasteiger partial charge in [-0.05, 0) is 55.5 Å². The fourth-order valence-electron chi connectivity index (χ4n) is 2.50. The topological polar surface area (TPSA) is 104 Å². The highest BCUT2D eigenvalue weighted by Crippen LogP contribution is 2.24. The number of hydrazine groups is 1. The first-order chi connectivity index (χ1) is 14.3. The van der Waals surface area contributed by atoms with E-state index in [4.69, 9.17) is 11.6 Å². The number of rotatable bonds is 5. The number of para-hydroxylation sites is 1. The first-order valence-electron chi connectivity index (χ1n) is 8.81. The Morgan fingerprint density at radius 3 is 1.80 bits per heavy atom. The van der Waals surface area contributed by atoms with E-state index in [0.29, 0.717) is 5.56 Å². The minimum atomic E-state index is -3.88. The second kappa shape index (κ2) is 8.98. The summed E-state index contributed by atoms with van der Waals surface area (Å²) in [5, 5.41) is 0.265. The maximum atomic E-state index is 12.5. The second-order valence-corrected chi connectivity index (χ2v) is 8.47. The number of aryl methyl sites for hydroxylation is 1. The van der Waals surface area contributed by atoms with Gasteiger partial charge in [0.2, 0.25) is 0 Å². The van der Waals surface area contributed by atoms with Crippen LogP contribution in [0, 0.1) is 6.92 Å². The Morgan fingerprint density at radius 1 is 0.767 bits per heavy atom. The molecule has 0 fully saturated rings. The molecular weight excluding hydrogens is 426 g/mol. The van der Waals surface area contributed by atoms with Crippen molar-refractivity contribution in [2.45, 2.75) is 11.8 Å². The summed E-state index contributed by atoms with van der Waals surface area (Å²) in [4.78, 5) is 24.2. The van der Waals surface area contributed by atoms with Crippen molar-refractivity contribution in [2.75, 3.05) is 4.72 Å². The molecule has 3 aromatic rings. The summed E-state index contributed by atoms with van der Waals surface area (Å²) in [6.07, 6.45) is 0. The number of hydrogen-bond acceptors (Lipinski definition) is 4. The molecule has 0 spiro atoms. The lowest BCUT2D eigenvalue weighted by molar-refractivity contribution is 0.0846. The van der Waals surface area contributed by atoms with Gasteiger partial charge >= 0.3 is 0 Å². The van der Waals surface area contributed by atoms with Crippen molar-refractivity contribution in [3.8, 4) is 0 Å². The fourth-order valence-corrected chi connectivity index (χ4v) is 3.81. The normalized spacial score (nSPS) is 10.9. The molecule has 0 aromatic heterocycles. The third-order valence-electron chi connectivity index (χ3n) is 4.15. The second-order valence-electron chi connectivity index (χ2n) is 6.38. The molecule has 30 heavy (non-hydrogen) atoms.